The minimum atomic E-state index is -0.901. The second-order valence-electron chi connectivity index (χ2n) is 5.26. The second kappa shape index (κ2) is 6.11. The first kappa shape index (κ1) is 14.6. The second-order valence-corrected chi connectivity index (χ2v) is 5.26. The number of amides is 2. The molecule has 1 aliphatic heterocycles. The summed E-state index contributed by atoms with van der Waals surface area (Å²) in [6.07, 6.45) is 1.47. The van der Waals surface area contributed by atoms with Crippen LogP contribution in [0, 0.1) is 11.8 Å². The van der Waals surface area contributed by atoms with E-state index in [9.17, 15) is 14.4 Å². The summed E-state index contributed by atoms with van der Waals surface area (Å²) in [5.74, 6) is -1.97. The van der Waals surface area contributed by atoms with Gasteiger partial charge in [0, 0.05) is 19.1 Å². The standard InChI is InChI=1S/C13H20N2O5/c1-2-20-13(19)15-5-3-8(4-6-15)14-11(16)9-7-10(9)12(17)18/h8-10H,2-7H2,1H3,(H,14,16)(H,17,18)/t9-,10+/m1/s1. The molecule has 2 rings (SSSR count). The Morgan fingerprint density at radius 1 is 1.25 bits per heavy atom. The molecule has 0 bridgehead atoms. The van der Waals surface area contributed by atoms with Crippen molar-refractivity contribution in [2.75, 3.05) is 19.7 Å². The first-order valence-electron chi connectivity index (χ1n) is 6.97. The molecular weight excluding hydrogens is 264 g/mol. The van der Waals surface area contributed by atoms with Crippen LogP contribution in [-0.2, 0) is 14.3 Å². The fourth-order valence-electron chi connectivity index (χ4n) is 2.49. The van der Waals surface area contributed by atoms with E-state index in [1.54, 1.807) is 11.8 Å². The summed E-state index contributed by atoms with van der Waals surface area (Å²) in [6.45, 7) is 3.22. The molecule has 7 heteroatoms. The minimum absolute atomic E-state index is 0.0169. The van der Waals surface area contributed by atoms with E-state index in [4.69, 9.17) is 9.84 Å². The number of hydrogen-bond acceptors (Lipinski definition) is 4. The number of piperidine rings is 1. The number of carbonyl (C=O) groups is 3. The Morgan fingerprint density at radius 3 is 2.40 bits per heavy atom. The zero-order chi connectivity index (χ0) is 14.7. The number of ether oxygens (including phenoxy) is 1. The summed E-state index contributed by atoms with van der Waals surface area (Å²) in [7, 11) is 0. The van der Waals surface area contributed by atoms with Crippen LogP contribution >= 0.6 is 0 Å². The Labute approximate surface area is 117 Å². The number of carbonyl (C=O) groups excluding carboxylic acids is 2. The van der Waals surface area contributed by atoms with E-state index in [1.807, 2.05) is 0 Å². The molecule has 1 aliphatic carbocycles. The molecule has 2 fully saturated rings. The molecular formula is C13H20N2O5. The predicted octanol–water partition coefficient (Wildman–Crippen LogP) is 0.444. The maximum Gasteiger partial charge on any atom is 0.409 e. The fraction of sp³-hybridized carbons (Fsp3) is 0.769. The third kappa shape index (κ3) is 3.40. The average molecular weight is 284 g/mol. The van der Waals surface area contributed by atoms with Gasteiger partial charge in [-0.3, -0.25) is 9.59 Å². The van der Waals surface area contributed by atoms with Crippen molar-refractivity contribution in [3.05, 3.63) is 0 Å². The van der Waals surface area contributed by atoms with Crippen LogP contribution in [-0.4, -0.2) is 53.7 Å². The third-order valence-electron chi connectivity index (χ3n) is 3.81. The number of hydrogen-bond donors (Lipinski definition) is 2. The zero-order valence-electron chi connectivity index (χ0n) is 11.5. The van der Waals surface area contributed by atoms with Gasteiger partial charge in [-0.2, -0.15) is 0 Å². The van der Waals surface area contributed by atoms with Gasteiger partial charge in [-0.1, -0.05) is 0 Å². The molecule has 112 valence electrons. The van der Waals surface area contributed by atoms with Gasteiger partial charge in [-0.15, -0.1) is 0 Å². The summed E-state index contributed by atoms with van der Waals surface area (Å²) in [4.78, 5) is 35.7. The molecule has 0 aromatic heterocycles. The molecule has 20 heavy (non-hydrogen) atoms. The van der Waals surface area contributed by atoms with Crippen LogP contribution in [0.4, 0.5) is 4.79 Å². The summed E-state index contributed by atoms with van der Waals surface area (Å²) >= 11 is 0. The molecule has 0 spiro atoms. The van der Waals surface area contributed by atoms with Crippen molar-refractivity contribution in [3.8, 4) is 0 Å². The summed E-state index contributed by atoms with van der Waals surface area (Å²) in [5.41, 5.74) is 0. The molecule has 1 saturated heterocycles. The minimum Gasteiger partial charge on any atom is -0.481 e. The molecule has 2 amide bonds. The lowest BCUT2D eigenvalue weighted by Gasteiger charge is -2.31. The van der Waals surface area contributed by atoms with Crippen molar-refractivity contribution in [1.82, 2.24) is 10.2 Å². The molecule has 0 unspecified atom stereocenters. The summed E-state index contributed by atoms with van der Waals surface area (Å²) < 4.78 is 4.92. The first-order valence-corrected chi connectivity index (χ1v) is 6.97. The number of carboxylic acid groups (broad SMARTS) is 1. The van der Waals surface area contributed by atoms with Gasteiger partial charge in [0.05, 0.1) is 18.4 Å². The zero-order valence-corrected chi connectivity index (χ0v) is 11.5. The van der Waals surface area contributed by atoms with Crippen molar-refractivity contribution in [2.45, 2.75) is 32.2 Å². The fourth-order valence-corrected chi connectivity index (χ4v) is 2.49. The van der Waals surface area contributed by atoms with Crippen LogP contribution in [0.3, 0.4) is 0 Å². The molecule has 2 atom stereocenters. The van der Waals surface area contributed by atoms with Gasteiger partial charge in [-0.05, 0) is 26.2 Å². The molecule has 0 aromatic rings. The average Bonchev–Trinajstić information content (AvgIpc) is 3.20. The van der Waals surface area contributed by atoms with E-state index >= 15 is 0 Å². The van der Waals surface area contributed by atoms with E-state index in [2.05, 4.69) is 5.32 Å². The number of nitrogens with one attached hydrogen (secondary N) is 1. The van der Waals surface area contributed by atoms with Gasteiger partial charge in [0.1, 0.15) is 0 Å². The normalized spacial score (nSPS) is 25.9. The lowest BCUT2D eigenvalue weighted by molar-refractivity contribution is -0.140. The highest BCUT2D eigenvalue weighted by Gasteiger charge is 2.48. The van der Waals surface area contributed by atoms with Crippen LogP contribution in [0.15, 0.2) is 0 Å². The quantitative estimate of drug-likeness (QED) is 0.781. The molecule has 1 saturated carbocycles. The number of nitrogens with zero attached hydrogens (tertiary/aromatic N) is 1. The maximum atomic E-state index is 11.8. The van der Waals surface area contributed by atoms with Crippen molar-refractivity contribution >= 4 is 18.0 Å². The molecule has 0 radical (unpaired) electrons. The van der Waals surface area contributed by atoms with Gasteiger partial charge in [0.25, 0.3) is 0 Å². The first-order chi connectivity index (χ1) is 9.52. The van der Waals surface area contributed by atoms with Crippen molar-refractivity contribution in [3.63, 3.8) is 0 Å². The summed E-state index contributed by atoms with van der Waals surface area (Å²) in [5, 5.41) is 11.7. The topological polar surface area (TPSA) is 95.9 Å². The molecule has 1 heterocycles. The van der Waals surface area contributed by atoms with Crippen molar-refractivity contribution < 1.29 is 24.2 Å². The molecule has 2 aliphatic rings. The highest BCUT2D eigenvalue weighted by atomic mass is 16.6. The number of rotatable bonds is 4. The Morgan fingerprint density at radius 2 is 1.90 bits per heavy atom. The predicted molar refractivity (Wildman–Crippen MR) is 69.0 cm³/mol. The molecule has 2 N–H and O–H groups in total. The highest BCUT2D eigenvalue weighted by molar-refractivity contribution is 5.89. The van der Waals surface area contributed by atoms with Crippen LogP contribution in [0.25, 0.3) is 0 Å². The van der Waals surface area contributed by atoms with E-state index in [0.717, 1.165) is 0 Å². The van der Waals surface area contributed by atoms with Gasteiger partial charge in [0.15, 0.2) is 0 Å². The Kier molecular flexibility index (Phi) is 4.46. The van der Waals surface area contributed by atoms with E-state index in [1.165, 1.54) is 0 Å². The van der Waals surface area contributed by atoms with E-state index < -0.39 is 11.9 Å². The van der Waals surface area contributed by atoms with Gasteiger partial charge < -0.3 is 20.1 Å². The number of likely N-dealkylation sites (tertiary alicyclic amines) is 1. The lowest BCUT2D eigenvalue weighted by Crippen LogP contribution is -2.47. The van der Waals surface area contributed by atoms with E-state index in [-0.39, 0.29) is 24.0 Å². The summed E-state index contributed by atoms with van der Waals surface area (Å²) in [6, 6.07) is 0.0169. The SMILES string of the molecule is CCOC(=O)N1CCC(NC(=O)[C@@H]2C[C@@H]2C(=O)O)CC1. The number of aliphatic carboxylic acids is 1. The molecule has 0 aromatic carbocycles. The van der Waals surface area contributed by atoms with Gasteiger partial charge in [-0.25, -0.2) is 4.79 Å². The van der Waals surface area contributed by atoms with Gasteiger partial charge >= 0.3 is 12.1 Å². The maximum absolute atomic E-state index is 11.8. The Bertz CT molecular complexity index is 404. The molecule has 7 nitrogen and oxygen atoms in total. The monoisotopic (exact) mass is 284 g/mol. The largest absolute Gasteiger partial charge is 0.481 e. The highest BCUT2D eigenvalue weighted by Crippen LogP contribution is 2.38. The smallest absolute Gasteiger partial charge is 0.409 e. The number of carboxylic acids is 1. The lowest BCUT2D eigenvalue weighted by atomic mass is 10.1. The Hall–Kier alpha value is -1.79. The van der Waals surface area contributed by atoms with E-state index in [0.29, 0.717) is 39.0 Å². The Balaban J connectivity index is 1.71. The third-order valence-corrected chi connectivity index (χ3v) is 3.81. The van der Waals surface area contributed by atoms with Gasteiger partial charge in [0.2, 0.25) is 5.91 Å². The van der Waals surface area contributed by atoms with Crippen molar-refractivity contribution in [1.29, 1.82) is 0 Å². The van der Waals surface area contributed by atoms with Crippen LogP contribution in [0.2, 0.25) is 0 Å². The van der Waals surface area contributed by atoms with Crippen LogP contribution in [0.5, 0.6) is 0 Å². The van der Waals surface area contributed by atoms with Crippen molar-refractivity contribution in [2.24, 2.45) is 11.8 Å². The van der Waals surface area contributed by atoms with Crippen LogP contribution < -0.4 is 5.32 Å². The van der Waals surface area contributed by atoms with Crippen LogP contribution in [0.1, 0.15) is 26.2 Å².